The summed E-state index contributed by atoms with van der Waals surface area (Å²) in [7, 11) is 3.80. The monoisotopic (exact) mass is 396 g/mol. The lowest BCUT2D eigenvalue weighted by atomic mass is 10.2. The van der Waals surface area contributed by atoms with E-state index < -0.39 is 0 Å². The van der Waals surface area contributed by atoms with Gasteiger partial charge in [0.25, 0.3) is 5.91 Å². The lowest BCUT2D eigenvalue weighted by Crippen LogP contribution is -2.49. The Hall–Kier alpha value is -2.87. The van der Waals surface area contributed by atoms with Crippen LogP contribution in [0.15, 0.2) is 36.7 Å². The van der Waals surface area contributed by atoms with Gasteiger partial charge in [0.2, 0.25) is 0 Å². The fourth-order valence-electron chi connectivity index (χ4n) is 3.81. The van der Waals surface area contributed by atoms with Gasteiger partial charge in [-0.3, -0.25) is 4.79 Å². The van der Waals surface area contributed by atoms with Gasteiger partial charge in [-0.2, -0.15) is 0 Å². The van der Waals surface area contributed by atoms with Gasteiger partial charge in [0, 0.05) is 70.2 Å². The van der Waals surface area contributed by atoms with Crippen LogP contribution in [-0.4, -0.2) is 92.2 Å². The minimum atomic E-state index is -0.0203. The Morgan fingerprint density at radius 1 is 0.931 bits per heavy atom. The molecule has 2 saturated heterocycles. The Balaban J connectivity index is 1.39. The highest BCUT2D eigenvalue weighted by molar-refractivity contribution is 5.93. The summed E-state index contributed by atoms with van der Waals surface area (Å²) in [4.78, 5) is 30.3. The first kappa shape index (κ1) is 19.4. The van der Waals surface area contributed by atoms with E-state index in [2.05, 4.69) is 37.8 Å². The Labute approximate surface area is 171 Å². The number of ether oxygens (including phenoxy) is 1. The van der Waals surface area contributed by atoms with Gasteiger partial charge in [-0.1, -0.05) is 6.07 Å². The first-order valence-corrected chi connectivity index (χ1v) is 10.1. The third-order valence-electron chi connectivity index (χ3n) is 5.68. The highest BCUT2D eigenvalue weighted by atomic mass is 16.5. The van der Waals surface area contributed by atoms with Crippen molar-refractivity contribution >= 4 is 17.4 Å². The number of aromatic nitrogens is 2. The van der Waals surface area contributed by atoms with Crippen LogP contribution in [0.25, 0.3) is 0 Å². The van der Waals surface area contributed by atoms with Crippen LogP contribution in [-0.2, 0) is 0 Å². The Morgan fingerprint density at radius 2 is 1.66 bits per heavy atom. The molecule has 29 heavy (non-hydrogen) atoms. The quantitative estimate of drug-likeness (QED) is 0.769. The molecule has 2 aromatic rings. The summed E-state index contributed by atoms with van der Waals surface area (Å²) < 4.78 is 5.32. The number of anilines is 2. The lowest BCUT2D eigenvalue weighted by Gasteiger charge is -2.36. The number of nitrogens with zero attached hydrogens (tertiary/aromatic N) is 6. The zero-order valence-electron chi connectivity index (χ0n) is 17.1. The first-order valence-electron chi connectivity index (χ1n) is 10.1. The topological polar surface area (TPSA) is 65.0 Å². The van der Waals surface area contributed by atoms with Crippen molar-refractivity contribution in [3.05, 3.63) is 42.4 Å². The first-order chi connectivity index (χ1) is 14.1. The average molecular weight is 396 g/mol. The van der Waals surface area contributed by atoms with E-state index in [-0.39, 0.29) is 5.91 Å². The second kappa shape index (κ2) is 8.65. The van der Waals surface area contributed by atoms with Crippen molar-refractivity contribution in [1.82, 2.24) is 19.8 Å². The molecule has 0 saturated carbocycles. The smallest absolute Gasteiger partial charge is 0.272 e. The number of piperazine rings is 2. The predicted molar refractivity (Wildman–Crippen MR) is 113 cm³/mol. The Morgan fingerprint density at radius 3 is 2.38 bits per heavy atom. The van der Waals surface area contributed by atoms with Crippen LogP contribution in [0.2, 0.25) is 0 Å². The third-order valence-corrected chi connectivity index (χ3v) is 5.68. The van der Waals surface area contributed by atoms with E-state index in [4.69, 9.17) is 4.74 Å². The zero-order valence-corrected chi connectivity index (χ0v) is 17.1. The molecule has 0 unspecified atom stereocenters. The molecule has 1 aromatic carbocycles. The van der Waals surface area contributed by atoms with Gasteiger partial charge in [-0.25, -0.2) is 9.97 Å². The van der Waals surface area contributed by atoms with Gasteiger partial charge in [-0.15, -0.1) is 0 Å². The minimum absolute atomic E-state index is 0.0203. The minimum Gasteiger partial charge on any atom is -0.497 e. The second-order valence-corrected chi connectivity index (χ2v) is 7.53. The van der Waals surface area contributed by atoms with Crippen LogP contribution < -0.4 is 14.5 Å². The van der Waals surface area contributed by atoms with Crippen LogP contribution in [0, 0.1) is 0 Å². The molecular weight excluding hydrogens is 368 g/mol. The number of benzene rings is 1. The molecule has 3 heterocycles. The van der Waals surface area contributed by atoms with E-state index >= 15 is 0 Å². The number of methoxy groups -OCH3 is 1. The van der Waals surface area contributed by atoms with Crippen LogP contribution in [0.5, 0.6) is 5.75 Å². The van der Waals surface area contributed by atoms with Crippen molar-refractivity contribution in [3.8, 4) is 5.75 Å². The van der Waals surface area contributed by atoms with E-state index in [1.165, 1.54) is 6.33 Å². The summed E-state index contributed by atoms with van der Waals surface area (Å²) in [6.07, 6.45) is 1.51. The average Bonchev–Trinajstić information content (AvgIpc) is 2.79. The molecule has 0 bridgehead atoms. The molecule has 8 nitrogen and oxygen atoms in total. The number of carbonyl (C=O) groups is 1. The molecular formula is C21H28N6O2. The summed E-state index contributed by atoms with van der Waals surface area (Å²) in [6, 6.07) is 9.88. The molecule has 0 atom stereocenters. The van der Waals surface area contributed by atoms with Crippen molar-refractivity contribution in [1.29, 1.82) is 0 Å². The molecule has 0 spiro atoms. The van der Waals surface area contributed by atoms with Gasteiger partial charge in [0.05, 0.1) is 7.11 Å². The molecule has 2 aliphatic heterocycles. The third kappa shape index (κ3) is 4.42. The number of hydrogen-bond donors (Lipinski definition) is 0. The van der Waals surface area contributed by atoms with Gasteiger partial charge in [0.15, 0.2) is 0 Å². The largest absolute Gasteiger partial charge is 0.497 e. The van der Waals surface area contributed by atoms with Gasteiger partial charge in [0.1, 0.15) is 23.6 Å². The van der Waals surface area contributed by atoms with E-state index in [1.54, 1.807) is 7.11 Å². The summed E-state index contributed by atoms with van der Waals surface area (Å²) in [6.45, 7) is 6.75. The fourth-order valence-corrected chi connectivity index (χ4v) is 3.81. The molecule has 8 heteroatoms. The van der Waals surface area contributed by atoms with Gasteiger partial charge < -0.3 is 24.3 Å². The van der Waals surface area contributed by atoms with Crippen molar-refractivity contribution in [2.75, 3.05) is 76.3 Å². The molecule has 1 aromatic heterocycles. The van der Waals surface area contributed by atoms with Gasteiger partial charge in [-0.05, 0) is 19.2 Å². The highest BCUT2D eigenvalue weighted by Gasteiger charge is 2.24. The van der Waals surface area contributed by atoms with Crippen LogP contribution in [0.4, 0.5) is 11.5 Å². The summed E-state index contributed by atoms with van der Waals surface area (Å²) in [5.41, 5.74) is 1.60. The summed E-state index contributed by atoms with van der Waals surface area (Å²) >= 11 is 0. The standard InChI is InChI=1S/C21H28N6O2/c1-24-6-8-26(9-7-24)20-15-19(22-16-23-20)21(28)27-12-10-25(11-13-27)17-4-3-5-18(14-17)29-2/h3-5,14-16H,6-13H2,1-2H3. The Bertz CT molecular complexity index is 845. The Kier molecular flexibility index (Phi) is 5.80. The van der Waals surface area contributed by atoms with Crippen LogP contribution in [0.1, 0.15) is 10.5 Å². The normalized spacial score (nSPS) is 18.1. The number of rotatable bonds is 4. The SMILES string of the molecule is COc1cccc(N2CCN(C(=O)c3cc(N4CCN(C)CC4)ncn3)CC2)c1. The highest BCUT2D eigenvalue weighted by Crippen LogP contribution is 2.22. The molecule has 2 aliphatic rings. The van der Waals surface area contributed by atoms with Crippen LogP contribution in [0.3, 0.4) is 0 Å². The number of amides is 1. The number of carbonyl (C=O) groups excluding carboxylic acids is 1. The van der Waals surface area contributed by atoms with E-state index in [9.17, 15) is 4.79 Å². The molecule has 154 valence electrons. The van der Waals surface area contributed by atoms with E-state index in [1.807, 2.05) is 29.2 Å². The summed E-state index contributed by atoms with van der Waals surface area (Å²) in [5.74, 6) is 1.66. The van der Waals surface area contributed by atoms with Crippen molar-refractivity contribution in [2.24, 2.45) is 0 Å². The second-order valence-electron chi connectivity index (χ2n) is 7.53. The molecule has 0 N–H and O–H groups in total. The van der Waals surface area contributed by atoms with Gasteiger partial charge >= 0.3 is 0 Å². The summed E-state index contributed by atoms with van der Waals surface area (Å²) in [5, 5.41) is 0. The fraction of sp³-hybridized carbons (Fsp3) is 0.476. The van der Waals surface area contributed by atoms with E-state index in [0.717, 1.165) is 56.5 Å². The number of likely N-dealkylation sites (N-methyl/N-ethyl adjacent to an activating group) is 1. The molecule has 1 amide bonds. The van der Waals surface area contributed by atoms with Crippen molar-refractivity contribution < 1.29 is 9.53 Å². The van der Waals surface area contributed by atoms with Crippen molar-refractivity contribution in [2.45, 2.75) is 0 Å². The maximum atomic E-state index is 13.0. The lowest BCUT2D eigenvalue weighted by molar-refractivity contribution is 0.0740. The van der Waals surface area contributed by atoms with Crippen LogP contribution >= 0.6 is 0 Å². The maximum absolute atomic E-state index is 13.0. The number of hydrogen-bond acceptors (Lipinski definition) is 7. The maximum Gasteiger partial charge on any atom is 0.272 e. The van der Waals surface area contributed by atoms with E-state index in [0.29, 0.717) is 18.8 Å². The predicted octanol–water partition coefficient (Wildman–Crippen LogP) is 1.20. The molecule has 0 radical (unpaired) electrons. The molecule has 2 fully saturated rings. The van der Waals surface area contributed by atoms with Crippen molar-refractivity contribution in [3.63, 3.8) is 0 Å². The molecule has 0 aliphatic carbocycles. The molecule has 4 rings (SSSR count). The zero-order chi connectivity index (χ0) is 20.2.